The SMILES string of the molecule is CCOc1ccc(C(=O)NCC(=O)O[C@H]2CCCCC2=O)cc1. The van der Waals surface area contributed by atoms with Gasteiger partial charge in [0.1, 0.15) is 12.3 Å². The molecule has 6 heteroatoms. The van der Waals surface area contributed by atoms with Crippen LogP contribution in [-0.4, -0.2) is 36.9 Å². The summed E-state index contributed by atoms with van der Waals surface area (Å²) in [6, 6.07) is 6.63. The number of ketones is 1. The van der Waals surface area contributed by atoms with Crippen LogP contribution in [0, 0.1) is 0 Å². The van der Waals surface area contributed by atoms with Crippen LogP contribution in [-0.2, 0) is 14.3 Å². The van der Waals surface area contributed by atoms with Gasteiger partial charge in [0.2, 0.25) is 0 Å². The molecule has 1 fully saturated rings. The predicted molar refractivity (Wildman–Crippen MR) is 83.3 cm³/mol. The molecule has 1 amide bonds. The average Bonchev–Trinajstić information content (AvgIpc) is 2.56. The Labute approximate surface area is 135 Å². The molecule has 1 atom stereocenters. The number of rotatable bonds is 6. The molecule has 0 heterocycles. The van der Waals surface area contributed by atoms with E-state index in [9.17, 15) is 14.4 Å². The first-order valence-electron chi connectivity index (χ1n) is 7.83. The van der Waals surface area contributed by atoms with E-state index in [0.29, 0.717) is 30.8 Å². The molecule has 1 aromatic carbocycles. The van der Waals surface area contributed by atoms with Crippen molar-refractivity contribution in [2.45, 2.75) is 38.7 Å². The summed E-state index contributed by atoms with van der Waals surface area (Å²) in [7, 11) is 0. The molecule has 0 radical (unpaired) electrons. The maximum absolute atomic E-state index is 11.9. The molecule has 1 N–H and O–H groups in total. The van der Waals surface area contributed by atoms with Crippen LogP contribution in [0.1, 0.15) is 43.0 Å². The van der Waals surface area contributed by atoms with Crippen molar-refractivity contribution in [2.75, 3.05) is 13.2 Å². The molecule has 1 aliphatic carbocycles. The summed E-state index contributed by atoms with van der Waals surface area (Å²) in [4.78, 5) is 35.3. The third-order valence-electron chi connectivity index (χ3n) is 3.59. The molecular weight excluding hydrogens is 298 g/mol. The molecule has 1 saturated carbocycles. The maximum atomic E-state index is 11.9. The average molecular weight is 319 g/mol. The number of amides is 1. The van der Waals surface area contributed by atoms with Gasteiger partial charge in [0.25, 0.3) is 5.91 Å². The number of hydrogen-bond acceptors (Lipinski definition) is 5. The fourth-order valence-electron chi connectivity index (χ4n) is 2.40. The number of benzene rings is 1. The van der Waals surface area contributed by atoms with E-state index < -0.39 is 12.1 Å². The standard InChI is InChI=1S/C17H21NO5/c1-2-22-13-9-7-12(8-10-13)17(21)18-11-16(20)23-15-6-4-3-5-14(15)19/h7-10,15H,2-6,11H2,1H3,(H,18,21)/t15-/m0/s1. The van der Waals surface area contributed by atoms with Gasteiger partial charge < -0.3 is 14.8 Å². The van der Waals surface area contributed by atoms with Crippen LogP contribution >= 0.6 is 0 Å². The van der Waals surface area contributed by atoms with Gasteiger partial charge in [0.15, 0.2) is 11.9 Å². The van der Waals surface area contributed by atoms with Gasteiger partial charge in [0.05, 0.1) is 6.61 Å². The molecule has 0 aromatic heterocycles. The van der Waals surface area contributed by atoms with E-state index in [1.807, 2.05) is 6.92 Å². The van der Waals surface area contributed by atoms with Gasteiger partial charge in [-0.05, 0) is 50.5 Å². The second-order valence-corrected chi connectivity index (χ2v) is 5.33. The molecule has 0 spiro atoms. The molecule has 0 unspecified atom stereocenters. The lowest BCUT2D eigenvalue weighted by molar-refractivity contribution is -0.155. The number of carbonyl (C=O) groups excluding carboxylic acids is 3. The summed E-state index contributed by atoms with van der Waals surface area (Å²) in [6.07, 6.45) is 2.09. The van der Waals surface area contributed by atoms with Gasteiger partial charge in [-0.1, -0.05) is 0 Å². The first-order valence-corrected chi connectivity index (χ1v) is 7.83. The third-order valence-corrected chi connectivity index (χ3v) is 3.59. The Morgan fingerprint density at radius 3 is 2.61 bits per heavy atom. The lowest BCUT2D eigenvalue weighted by atomic mass is 9.96. The van der Waals surface area contributed by atoms with E-state index in [4.69, 9.17) is 9.47 Å². The largest absolute Gasteiger partial charge is 0.494 e. The highest BCUT2D eigenvalue weighted by molar-refractivity contribution is 5.96. The summed E-state index contributed by atoms with van der Waals surface area (Å²) >= 11 is 0. The highest BCUT2D eigenvalue weighted by Gasteiger charge is 2.25. The summed E-state index contributed by atoms with van der Waals surface area (Å²) in [5.41, 5.74) is 0.426. The van der Waals surface area contributed by atoms with Crippen LogP contribution in [0.25, 0.3) is 0 Å². The molecule has 2 rings (SSSR count). The number of ether oxygens (including phenoxy) is 2. The summed E-state index contributed by atoms with van der Waals surface area (Å²) in [6.45, 7) is 2.18. The highest BCUT2D eigenvalue weighted by Crippen LogP contribution is 2.17. The van der Waals surface area contributed by atoms with Crippen molar-refractivity contribution >= 4 is 17.7 Å². The van der Waals surface area contributed by atoms with Crippen LogP contribution in [0.2, 0.25) is 0 Å². The minimum absolute atomic E-state index is 0.0394. The summed E-state index contributed by atoms with van der Waals surface area (Å²) in [5, 5.41) is 2.49. The van der Waals surface area contributed by atoms with Gasteiger partial charge >= 0.3 is 5.97 Å². The van der Waals surface area contributed by atoms with Crippen LogP contribution < -0.4 is 10.1 Å². The lowest BCUT2D eigenvalue weighted by Gasteiger charge is -2.20. The Hall–Kier alpha value is -2.37. The smallest absolute Gasteiger partial charge is 0.326 e. The molecule has 0 aliphatic heterocycles. The lowest BCUT2D eigenvalue weighted by Crippen LogP contribution is -2.36. The van der Waals surface area contributed by atoms with E-state index in [-0.39, 0.29) is 18.2 Å². The van der Waals surface area contributed by atoms with Crippen molar-refractivity contribution < 1.29 is 23.9 Å². The minimum Gasteiger partial charge on any atom is -0.494 e. The highest BCUT2D eigenvalue weighted by atomic mass is 16.5. The third kappa shape index (κ3) is 5.09. The van der Waals surface area contributed by atoms with Crippen molar-refractivity contribution in [2.24, 2.45) is 0 Å². The maximum Gasteiger partial charge on any atom is 0.326 e. The Morgan fingerprint density at radius 1 is 1.22 bits per heavy atom. The molecule has 0 bridgehead atoms. The van der Waals surface area contributed by atoms with Gasteiger partial charge in [-0.25, -0.2) is 0 Å². The number of Topliss-reactive ketones (excluding diaryl/α,β-unsaturated/α-hetero) is 1. The summed E-state index contributed by atoms with van der Waals surface area (Å²) in [5.74, 6) is -0.328. The fraction of sp³-hybridized carbons (Fsp3) is 0.471. The predicted octanol–water partition coefficient (Wildman–Crippen LogP) is 1.87. The number of carbonyl (C=O) groups is 3. The van der Waals surface area contributed by atoms with E-state index in [0.717, 1.165) is 12.8 Å². The van der Waals surface area contributed by atoms with E-state index in [2.05, 4.69) is 5.32 Å². The van der Waals surface area contributed by atoms with Crippen molar-refractivity contribution in [1.82, 2.24) is 5.32 Å². The van der Waals surface area contributed by atoms with Crippen LogP contribution in [0.5, 0.6) is 5.75 Å². The number of nitrogens with one attached hydrogen (secondary N) is 1. The van der Waals surface area contributed by atoms with Gasteiger partial charge in [-0.3, -0.25) is 14.4 Å². The molecule has 23 heavy (non-hydrogen) atoms. The second-order valence-electron chi connectivity index (χ2n) is 5.33. The van der Waals surface area contributed by atoms with Crippen LogP contribution in [0.3, 0.4) is 0 Å². The molecule has 1 aliphatic rings. The zero-order valence-electron chi connectivity index (χ0n) is 13.2. The molecule has 124 valence electrons. The molecule has 1 aromatic rings. The monoisotopic (exact) mass is 319 g/mol. The van der Waals surface area contributed by atoms with E-state index in [1.165, 1.54) is 0 Å². The van der Waals surface area contributed by atoms with Crippen molar-refractivity contribution in [3.8, 4) is 5.75 Å². The Kier molecular flexibility index (Phi) is 6.14. The first-order chi connectivity index (χ1) is 11.1. The van der Waals surface area contributed by atoms with Crippen molar-refractivity contribution in [3.63, 3.8) is 0 Å². The molecule has 6 nitrogen and oxygen atoms in total. The minimum atomic E-state index is -0.654. The number of hydrogen-bond donors (Lipinski definition) is 1. The van der Waals surface area contributed by atoms with Crippen molar-refractivity contribution in [3.05, 3.63) is 29.8 Å². The Bertz CT molecular complexity index is 567. The van der Waals surface area contributed by atoms with Crippen molar-refractivity contribution in [1.29, 1.82) is 0 Å². The first kappa shape index (κ1) is 17.0. The Balaban J connectivity index is 1.79. The zero-order valence-corrected chi connectivity index (χ0v) is 13.2. The normalized spacial score (nSPS) is 17.4. The topological polar surface area (TPSA) is 81.7 Å². The van der Waals surface area contributed by atoms with E-state index in [1.54, 1.807) is 24.3 Å². The van der Waals surface area contributed by atoms with Crippen LogP contribution in [0.15, 0.2) is 24.3 Å². The van der Waals surface area contributed by atoms with Gasteiger partial charge in [0, 0.05) is 12.0 Å². The second kappa shape index (κ2) is 8.31. The Morgan fingerprint density at radius 2 is 1.96 bits per heavy atom. The fourth-order valence-corrected chi connectivity index (χ4v) is 2.40. The summed E-state index contributed by atoms with van der Waals surface area (Å²) < 4.78 is 10.4. The number of esters is 1. The quantitative estimate of drug-likeness (QED) is 0.810. The van der Waals surface area contributed by atoms with E-state index >= 15 is 0 Å². The molecular formula is C17H21NO5. The zero-order chi connectivity index (χ0) is 16.7. The van der Waals surface area contributed by atoms with Gasteiger partial charge in [-0.2, -0.15) is 0 Å². The van der Waals surface area contributed by atoms with Gasteiger partial charge in [-0.15, -0.1) is 0 Å². The van der Waals surface area contributed by atoms with Crippen LogP contribution in [0.4, 0.5) is 0 Å². The molecule has 0 saturated heterocycles.